The second-order valence-corrected chi connectivity index (χ2v) is 7.19. The third-order valence-electron chi connectivity index (χ3n) is 2.83. The van der Waals surface area contributed by atoms with Gasteiger partial charge in [0.25, 0.3) is 0 Å². The Hall–Kier alpha value is -1.58. The van der Waals surface area contributed by atoms with Crippen LogP contribution in [-0.2, 0) is 10.0 Å². The zero-order valence-corrected chi connectivity index (χ0v) is 13.9. The van der Waals surface area contributed by atoms with E-state index in [9.17, 15) is 30.4 Å². The summed E-state index contributed by atoms with van der Waals surface area (Å²) in [5.74, 6) is -10.9. The number of rotatable bonds is 3. The fourth-order valence-electron chi connectivity index (χ4n) is 1.86. The fourth-order valence-corrected chi connectivity index (χ4v) is 3.01. The molecule has 11 heteroatoms. The molecule has 130 valence electrons. The zero-order valence-electron chi connectivity index (χ0n) is 11.5. The molecule has 0 saturated heterocycles. The van der Waals surface area contributed by atoms with E-state index in [0.29, 0.717) is 0 Å². The van der Waals surface area contributed by atoms with Crippen molar-refractivity contribution in [3.8, 4) is 11.1 Å². The van der Waals surface area contributed by atoms with Crippen molar-refractivity contribution in [2.45, 2.75) is 0 Å². The van der Waals surface area contributed by atoms with Crippen molar-refractivity contribution in [2.75, 3.05) is 11.0 Å². The molecule has 0 radical (unpaired) electrons. The Bertz CT molecular complexity index is 921. The monoisotopic (exact) mass is 405 g/mol. The third kappa shape index (κ3) is 3.42. The molecule has 0 aliphatic rings. The van der Waals surface area contributed by atoms with Gasteiger partial charge in [-0.15, -0.1) is 0 Å². The SMILES string of the molecule is CS(=O)(=O)Nc1cc(-c2c(F)c(F)c(F)c(F)c2F)c(Cl)cc1Cl. The fraction of sp³-hybridized carbons (Fsp3) is 0.0769. The average molecular weight is 406 g/mol. The molecule has 0 atom stereocenters. The predicted octanol–water partition coefficient (Wildman–Crippen LogP) is 4.73. The quantitative estimate of drug-likeness (QED) is 0.455. The topological polar surface area (TPSA) is 46.2 Å². The minimum Gasteiger partial charge on any atom is -0.282 e. The van der Waals surface area contributed by atoms with E-state index in [4.69, 9.17) is 23.2 Å². The number of halogens is 7. The highest BCUT2D eigenvalue weighted by molar-refractivity contribution is 7.92. The standard InChI is InChI=1S/C13H6Cl2F5NO2S/c1-24(22,23)21-7-2-4(5(14)3-6(7)15)8-9(16)11(18)13(20)12(19)10(8)17/h2-3,21H,1H3. The van der Waals surface area contributed by atoms with Crippen LogP contribution < -0.4 is 4.72 Å². The molecule has 0 aromatic heterocycles. The highest BCUT2D eigenvalue weighted by Gasteiger charge is 2.28. The predicted molar refractivity (Wildman–Crippen MR) is 80.2 cm³/mol. The van der Waals surface area contributed by atoms with Crippen LogP contribution in [0.4, 0.5) is 27.6 Å². The molecule has 2 aromatic rings. The van der Waals surface area contributed by atoms with Crippen molar-refractivity contribution in [1.29, 1.82) is 0 Å². The lowest BCUT2D eigenvalue weighted by Gasteiger charge is -2.13. The van der Waals surface area contributed by atoms with Gasteiger partial charge in [0, 0.05) is 5.56 Å². The lowest BCUT2D eigenvalue weighted by atomic mass is 10.0. The first kappa shape index (κ1) is 18.8. The molecule has 2 rings (SSSR count). The molecule has 1 N–H and O–H groups in total. The highest BCUT2D eigenvalue weighted by atomic mass is 35.5. The van der Waals surface area contributed by atoms with Gasteiger partial charge in [0.15, 0.2) is 23.3 Å². The van der Waals surface area contributed by atoms with Crippen molar-refractivity contribution < 1.29 is 30.4 Å². The Morgan fingerprint density at radius 1 is 0.833 bits per heavy atom. The highest BCUT2D eigenvalue weighted by Crippen LogP contribution is 2.39. The van der Waals surface area contributed by atoms with E-state index < -0.39 is 55.3 Å². The Morgan fingerprint density at radius 3 is 1.75 bits per heavy atom. The first-order valence-electron chi connectivity index (χ1n) is 5.92. The van der Waals surface area contributed by atoms with Crippen LogP contribution in [0.3, 0.4) is 0 Å². The van der Waals surface area contributed by atoms with Gasteiger partial charge in [-0.05, 0) is 12.1 Å². The molecule has 3 nitrogen and oxygen atoms in total. The van der Waals surface area contributed by atoms with Gasteiger partial charge in [0.1, 0.15) is 0 Å². The molecule has 2 aromatic carbocycles. The van der Waals surface area contributed by atoms with Gasteiger partial charge in [0.05, 0.1) is 27.6 Å². The normalized spacial score (nSPS) is 11.7. The van der Waals surface area contributed by atoms with Crippen LogP contribution in [0, 0.1) is 29.1 Å². The lowest BCUT2D eigenvalue weighted by molar-refractivity contribution is 0.381. The summed E-state index contributed by atoms with van der Waals surface area (Å²) in [6.07, 6.45) is 0.774. The van der Waals surface area contributed by atoms with Gasteiger partial charge in [0.2, 0.25) is 15.8 Å². The van der Waals surface area contributed by atoms with Crippen LogP contribution in [-0.4, -0.2) is 14.7 Å². The maximum atomic E-state index is 13.9. The Balaban J connectivity index is 2.81. The van der Waals surface area contributed by atoms with E-state index in [1.165, 1.54) is 0 Å². The Kier molecular flexibility index (Phi) is 4.98. The van der Waals surface area contributed by atoms with Gasteiger partial charge in [-0.3, -0.25) is 4.72 Å². The van der Waals surface area contributed by atoms with Gasteiger partial charge < -0.3 is 0 Å². The first-order valence-corrected chi connectivity index (χ1v) is 8.57. The van der Waals surface area contributed by atoms with E-state index in [1.54, 1.807) is 0 Å². The second-order valence-electron chi connectivity index (χ2n) is 4.63. The molecular formula is C13H6Cl2F5NO2S. The number of anilines is 1. The molecule has 0 fully saturated rings. The lowest BCUT2D eigenvalue weighted by Crippen LogP contribution is -2.10. The van der Waals surface area contributed by atoms with Crippen LogP contribution in [0.5, 0.6) is 0 Å². The maximum Gasteiger partial charge on any atom is 0.229 e. The molecule has 0 aliphatic heterocycles. The van der Waals surface area contributed by atoms with Crippen LogP contribution >= 0.6 is 23.2 Å². The van der Waals surface area contributed by atoms with Gasteiger partial charge in [-0.2, -0.15) is 0 Å². The Labute approximate surface area is 143 Å². The summed E-state index contributed by atoms with van der Waals surface area (Å²) in [4.78, 5) is 0. The molecule has 0 spiro atoms. The molecule has 0 amide bonds. The molecule has 0 bridgehead atoms. The average Bonchev–Trinajstić information content (AvgIpc) is 2.46. The molecule has 0 aliphatic carbocycles. The van der Waals surface area contributed by atoms with Gasteiger partial charge in [-0.25, -0.2) is 30.4 Å². The van der Waals surface area contributed by atoms with E-state index >= 15 is 0 Å². The number of hydrogen-bond acceptors (Lipinski definition) is 2. The van der Waals surface area contributed by atoms with Crippen molar-refractivity contribution in [3.63, 3.8) is 0 Å². The third-order valence-corrected chi connectivity index (χ3v) is 4.05. The van der Waals surface area contributed by atoms with Crippen molar-refractivity contribution >= 4 is 38.9 Å². The molecule has 0 heterocycles. The van der Waals surface area contributed by atoms with Crippen LogP contribution in [0.1, 0.15) is 0 Å². The summed E-state index contributed by atoms with van der Waals surface area (Å²) in [5.41, 5.74) is -2.27. The van der Waals surface area contributed by atoms with E-state index in [-0.39, 0.29) is 10.7 Å². The van der Waals surface area contributed by atoms with E-state index in [2.05, 4.69) is 0 Å². The van der Waals surface area contributed by atoms with E-state index in [0.717, 1.165) is 18.4 Å². The molecule has 24 heavy (non-hydrogen) atoms. The Morgan fingerprint density at radius 2 is 1.29 bits per heavy atom. The van der Waals surface area contributed by atoms with Crippen LogP contribution in [0.15, 0.2) is 12.1 Å². The van der Waals surface area contributed by atoms with Crippen molar-refractivity contribution in [2.24, 2.45) is 0 Å². The van der Waals surface area contributed by atoms with Crippen molar-refractivity contribution in [3.05, 3.63) is 51.3 Å². The second kappa shape index (κ2) is 6.38. The summed E-state index contributed by atoms with van der Waals surface area (Å²) >= 11 is 11.5. The zero-order chi connectivity index (χ0) is 18.4. The summed E-state index contributed by atoms with van der Waals surface area (Å²) < 4.78 is 92.0. The van der Waals surface area contributed by atoms with Gasteiger partial charge >= 0.3 is 0 Å². The maximum absolute atomic E-state index is 13.9. The molecule has 0 unspecified atom stereocenters. The molecular weight excluding hydrogens is 400 g/mol. The largest absolute Gasteiger partial charge is 0.282 e. The summed E-state index contributed by atoms with van der Waals surface area (Å²) in [7, 11) is -3.83. The van der Waals surface area contributed by atoms with Crippen LogP contribution in [0.25, 0.3) is 11.1 Å². The first-order chi connectivity index (χ1) is 10.9. The number of sulfonamides is 1. The minimum absolute atomic E-state index is 0.238. The number of nitrogens with one attached hydrogen (secondary N) is 1. The summed E-state index contributed by atoms with van der Waals surface area (Å²) in [5, 5.41) is -0.680. The van der Waals surface area contributed by atoms with Gasteiger partial charge in [-0.1, -0.05) is 23.2 Å². The smallest absolute Gasteiger partial charge is 0.229 e. The number of hydrogen-bond donors (Lipinski definition) is 1. The molecule has 0 saturated carbocycles. The van der Waals surface area contributed by atoms with E-state index in [1.807, 2.05) is 4.72 Å². The van der Waals surface area contributed by atoms with Crippen LogP contribution in [0.2, 0.25) is 10.0 Å². The summed E-state index contributed by atoms with van der Waals surface area (Å²) in [6.45, 7) is 0. The summed E-state index contributed by atoms with van der Waals surface area (Å²) in [6, 6.07) is 1.67. The number of benzene rings is 2. The minimum atomic E-state index is -3.83. The van der Waals surface area contributed by atoms with Crippen molar-refractivity contribution in [1.82, 2.24) is 0 Å².